The van der Waals surface area contributed by atoms with Gasteiger partial charge in [-0.25, -0.2) is 18.9 Å². The maximum Gasteiger partial charge on any atom is 0.348 e. The summed E-state index contributed by atoms with van der Waals surface area (Å²) in [5, 5.41) is 7.09. The summed E-state index contributed by atoms with van der Waals surface area (Å²) in [5.41, 5.74) is 6.54. The van der Waals surface area contributed by atoms with Gasteiger partial charge in [-0.2, -0.15) is 0 Å². The first-order chi connectivity index (χ1) is 12.2. The second-order valence-electron chi connectivity index (χ2n) is 5.68. The highest BCUT2D eigenvalue weighted by Gasteiger charge is 2.19. The molecule has 0 radical (unpaired) electrons. The molecule has 3 aromatic heterocycles. The standard InChI is InChI=1S/C17H16FN5O2.ClH/c18-11-4-5-13-12(9-11)14(10-22(13)7-2-6-19)23-16(20-21-17(23)24)15-3-1-8-25-15;/h1,3-5,8-10H,2,6-7,19H2,(H,21,24);1H. The number of fused-ring (bicyclic) bond motifs is 1. The first-order valence-electron chi connectivity index (χ1n) is 7.89. The van der Waals surface area contributed by atoms with Crippen LogP contribution in [0.3, 0.4) is 0 Å². The number of halogens is 2. The number of benzene rings is 1. The fourth-order valence-corrected chi connectivity index (χ4v) is 2.97. The molecular weight excluding hydrogens is 361 g/mol. The van der Waals surface area contributed by atoms with E-state index in [1.165, 1.54) is 23.0 Å². The van der Waals surface area contributed by atoms with E-state index in [0.29, 0.717) is 35.7 Å². The van der Waals surface area contributed by atoms with Crippen molar-refractivity contribution in [3.8, 4) is 17.3 Å². The van der Waals surface area contributed by atoms with Crippen LogP contribution in [0.15, 0.2) is 52.0 Å². The van der Waals surface area contributed by atoms with E-state index < -0.39 is 5.69 Å². The second-order valence-corrected chi connectivity index (χ2v) is 5.68. The van der Waals surface area contributed by atoms with Crippen molar-refractivity contribution >= 4 is 23.3 Å². The Balaban J connectivity index is 0.00000196. The van der Waals surface area contributed by atoms with Crippen molar-refractivity contribution in [2.75, 3.05) is 6.54 Å². The Labute approximate surface area is 153 Å². The Morgan fingerprint density at radius 2 is 2.15 bits per heavy atom. The van der Waals surface area contributed by atoms with Gasteiger partial charge in [-0.15, -0.1) is 17.5 Å². The first kappa shape index (κ1) is 18.0. The van der Waals surface area contributed by atoms with Gasteiger partial charge in [0.25, 0.3) is 0 Å². The summed E-state index contributed by atoms with van der Waals surface area (Å²) in [5.74, 6) is 0.399. The van der Waals surface area contributed by atoms with Gasteiger partial charge < -0.3 is 14.7 Å². The molecule has 0 unspecified atom stereocenters. The number of aryl methyl sites for hydroxylation is 1. The van der Waals surface area contributed by atoms with E-state index in [2.05, 4.69) is 10.2 Å². The minimum atomic E-state index is -0.423. The average Bonchev–Trinajstić information content (AvgIpc) is 3.31. The third-order valence-corrected chi connectivity index (χ3v) is 4.08. The Kier molecular flexibility index (Phi) is 4.97. The van der Waals surface area contributed by atoms with E-state index in [4.69, 9.17) is 10.2 Å². The summed E-state index contributed by atoms with van der Waals surface area (Å²) >= 11 is 0. The highest BCUT2D eigenvalue weighted by Crippen LogP contribution is 2.28. The molecule has 0 saturated carbocycles. The molecule has 0 fully saturated rings. The van der Waals surface area contributed by atoms with E-state index in [1.807, 2.05) is 10.8 Å². The van der Waals surface area contributed by atoms with Gasteiger partial charge in [0.05, 0.1) is 17.5 Å². The zero-order chi connectivity index (χ0) is 17.4. The molecule has 0 saturated heterocycles. The fourth-order valence-electron chi connectivity index (χ4n) is 2.97. The number of H-pyrrole nitrogens is 1. The molecule has 7 nitrogen and oxygen atoms in total. The zero-order valence-electron chi connectivity index (χ0n) is 13.7. The van der Waals surface area contributed by atoms with Crippen LogP contribution in [0, 0.1) is 5.82 Å². The quantitative estimate of drug-likeness (QED) is 0.559. The second kappa shape index (κ2) is 7.19. The molecule has 0 spiro atoms. The Morgan fingerprint density at radius 1 is 1.31 bits per heavy atom. The van der Waals surface area contributed by atoms with Gasteiger partial charge >= 0.3 is 5.69 Å². The summed E-state index contributed by atoms with van der Waals surface area (Å²) in [7, 11) is 0. The number of aromatic amines is 1. The molecule has 0 amide bonds. The normalized spacial score (nSPS) is 11.0. The van der Waals surface area contributed by atoms with Crippen molar-refractivity contribution in [3.05, 3.63) is 59.1 Å². The molecule has 4 rings (SSSR count). The van der Waals surface area contributed by atoms with Crippen molar-refractivity contribution in [3.63, 3.8) is 0 Å². The number of rotatable bonds is 5. The highest BCUT2D eigenvalue weighted by molar-refractivity contribution is 5.89. The van der Waals surface area contributed by atoms with Crippen LogP contribution in [0.1, 0.15) is 6.42 Å². The van der Waals surface area contributed by atoms with Crippen LogP contribution in [0.4, 0.5) is 4.39 Å². The highest BCUT2D eigenvalue weighted by atomic mass is 35.5. The number of hydrogen-bond acceptors (Lipinski definition) is 4. The molecular formula is C17H17ClFN5O2. The van der Waals surface area contributed by atoms with Crippen LogP contribution >= 0.6 is 12.4 Å². The lowest BCUT2D eigenvalue weighted by atomic mass is 10.2. The smallest absolute Gasteiger partial charge is 0.348 e. The number of aromatic nitrogens is 4. The third kappa shape index (κ3) is 2.93. The summed E-state index contributed by atoms with van der Waals surface area (Å²) in [6.07, 6.45) is 4.08. The molecule has 0 aliphatic carbocycles. The zero-order valence-corrected chi connectivity index (χ0v) is 14.5. The van der Waals surface area contributed by atoms with Gasteiger partial charge in [-0.3, -0.25) is 0 Å². The molecule has 0 bridgehead atoms. The van der Waals surface area contributed by atoms with Gasteiger partial charge in [-0.1, -0.05) is 0 Å². The van der Waals surface area contributed by atoms with Crippen LogP contribution in [-0.2, 0) is 6.54 Å². The number of nitrogens with two attached hydrogens (primary N) is 1. The summed E-state index contributed by atoms with van der Waals surface area (Å²) in [6.45, 7) is 1.21. The average molecular weight is 378 g/mol. The van der Waals surface area contributed by atoms with E-state index in [0.717, 1.165) is 11.9 Å². The summed E-state index contributed by atoms with van der Waals surface area (Å²) < 4.78 is 22.5. The predicted molar refractivity (Wildman–Crippen MR) is 98.3 cm³/mol. The number of nitrogens with one attached hydrogen (secondary N) is 1. The van der Waals surface area contributed by atoms with Gasteiger partial charge in [0.15, 0.2) is 5.76 Å². The molecule has 0 atom stereocenters. The van der Waals surface area contributed by atoms with Crippen molar-refractivity contribution in [2.24, 2.45) is 5.73 Å². The van der Waals surface area contributed by atoms with Crippen LogP contribution < -0.4 is 11.4 Å². The number of nitrogens with zero attached hydrogens (tertiary/aromatic N) is 3. The SMILES string of the molecule is Cl.NCCCn1cc(-n2c(-c3ccco3)n[nH]c2=O)c2cc(F)ccc21. The molecule has 136 valence electrons. The number of furan rings is 1. The fraction of sp³-hybridized carbons (Fsp3) is 0.176. The Hall–Kier alpha value is -2.84. The molecule has 9 heteroatoms. The minimum absolute atomic E-state index is 0. The van der Waals surface area contributed by atoms with Gasteiger partial charge in [0.2, 0.25) is 5.82 Å². The van der Waals surface area contributed by atoms with Gasteiger partial charge in [-0.05, 0) is 43.3 Å². The maximum atomic E-state index is 13.8. The van der Waals surface area contributed by atoms with Gasteiger partial charge in [0.1, 0.15) is 5.82 Å². The van der Waals surface area contributed by atoms with E-state index >= 15 is 0 Å². The van der Waals surface area contributed by atoms with Crippen molar-refractivity contribution in [1.29, 1.82) is 0 Å². The summed E-state index contributed by atoms with van der Waals surface area (Å²) in [4.78, 5) is 12.4. The first-order valence-corrected chi connectivity index (χ1v) is 7.89. The Morgan fingerprint density at radius 3 is 2.88 bits per heavy atom. The predicted octanol–water partition coefficient (Wildman–Crippen LogP) is 2.69. The van der Waals surface area contributed by atoms with Crippen LogP contribution in [0.2, 0.25) is 0 Å². The Bertz CT molecular complexity index is 1080. The van der Waals surface area contributed by atoms with Crippen LogP contribution in [0.5, 0.6) is 0 Å². The minimum Gasteiger partial charge on any atom is -0.461 e. The topological polar surface area (TPSA) is 94.8 Å². The largest absolute Gasteiger partial charge is 0.461 e. The molecule has 0 aliphatic heterocycles. The number of hydrogen-bond donors (Lipinski definition) is 2. The molecule has 3 heterocycles. The maximum absolute atomic E-state index is 13.8. The monoisotopic (exact) mass is 377 g/mol. The lowest BCUT2D eigenvalue weighted by molar-refractivity contribution is 0.575. The molecule has 0 aliphatic rings. The molecule has 26 heavy (non-hydrogen) atoms. The molecule has 4 aromatic rings. The lowest BCUT2D eigenvalue weighted by Crippen LogP contribution is -2.15. The molecule has 3 N–H and O–H groups in total. The van der Waals surface area contributed by atoms with Crippen LogP contribution in [0.25, 0.3) is 28.2 Å². The van der Waals surface area contributed by atoms with Crippen molar-refractivity contribution in [1.82, 2.24) is 19.3 Å². The van der Waals surface area contributed by atoms with Crippen molar-refractivity contribution in [2.45, 2.75) is 13.0 Å². The van der Waals surface area contributed by atoms with E-state index in [-0.39, 0.29) is 18.2 Å². The third-order valence-electron chi connectivity index (χ3n) is 4.08. The van der Waals surface area contributed by atoms with E-state index in [1.54, 1.807) is 18.2 Å². The van der Waals surface area contributed by atoms with Gasteiger partial charge in [0, 0.05) is 18.1 Å². The lowest BCUT2D eigenvalue weighted by Gasteiger charge is -2.02. The summed E-state index contributed by atoms with van der Waals surface area (Å²) in [6, 6.07) is 7.93. The van der Waals surface area contributed by atoms with E-state index in [9.17, 15) is 9.18 Å². The van der Waals surface area contributed by atoms with Crippen LogP contribution in [-0.4, -0.2) is 25.9 Å². The van der Waals surface area contributed by atoms with Crippen molar-refractivity contribution < 1.29 is 8.81 Å². The molecule has 1 aromatic carbocycles.